The molecule has 3 unspecified atom stereocenters. The molecule has 3 heterocycles. The van der Waals surface area contributed by atoms with Gasteiger partial charge in [0.05, 0.1) is 16.6 Å². The van der Waals surface area contributed by atoms with Gasteiger partial charge < -0.3 is 10.8 Å². The molecule has 22 heavy (non-hydrogen) atoms. The molecule has 0 bridgehead atoms. The highest BCUT2D eigenvalue weighted by molar-refractivity contribution is 8.00. The summed E-state index contributed by atoms with van der Waals surface area (Å²) in [6.07, 6.45) is 1.46. The molecular formula is C12H12N4O4S2. The van der Waals surface area contributed by atoms with E-state index in [0.29, 0.717) is 11.3 Å². The molecule has 8 nitrogen and oxygen atoms in total. The van der Waals surface area contributed by atoms with E-state index in [0.717, 1.165) is 0 Å². The van der Waals surface area contributed by atoms with Crippen LogP contribution in [0.3, 0.4) is 0 Å². The average molecular weight is 340 g/mol. The van der Waals surface area contributed by atoms with Crippen molar-refractivity contribution >= 4 is 34.4 Å². The molecule has 10 heteroatoms. The Balaban J connectivity index is 1.89. The van der Waals surface area contributed by atoms with Crippen LogP contribution in [-0.4, -0.2) is 59.2 Å². The molecule has 1 aromatic heterocycles. The quantitative estimate of drug-likeness (QED) is 0.680. The van der Waals surface area contributed by atoms with Crippen LogP contribution in [0.4, 0.5) is 0 Å². The van der Waals surface area contributed by atoms with E-state index in [4.69, 9.17) is 5.73 Å². The van der Waals surface area contributed by atoms with Crippen LogP contribution in [0.2, 0.25) is 0 Å². The number of aliphatic carboxylic acids is 1. The molecule has 3 rings (SSSR count). The van der Waals surface area contributed by atoms with E-state index in [-0.39, 0.29) is 21.8 Å². The smallest absolute Gasteiger partial charge is 0.352 e. The number of fused-ring (bicyclic) bond motifs is 1. The van der Waals surface area contributed by atoms with Crippen LogP contribution in [-0.2, 0) is 20.4 Å². The normalized spacial score (nSPS) is 25.5. The molecule has 0 radical (unpaired) electrons. The summed E-state index contributed by atoms with van der Waals surface area (Å²) in [5.41, 5.74) is 6.01. The summed E-state index contributed by atoms with van der Waals surface area (Å²) < 4.78 is 12.3. The second kappa shape index (κ2) is 5.78. The molecule has 1 aromatic rings. The maximum Gasteiger partial charge on any atom is 0.352 e. The predicted molar refractivity (Wildman–Crippen MR) is 79.0 cm³/mol. The standard InChI is InChI=1S/C12H12N4O4S2/c13-8-10(17)16-9(12(18)19)6(4-21-11(8)16)5-22(20)7-2-1-3-14-15-7/h1-3,8,11H,4-5,13H2,(H,18,19). The number of carbonyl (C=O) groups excluding carboxylic acids is 1. The van der Waals surface area contributed by atoms with Gasteiger partial charge in [0.15, 0.2) is 0 Å². The highest BCUT2D eigenvalue weighted by Crippen LogP contribution is 2.39. The first-order valence-corrected chi connectivity index (χ1v) is 8.69. The Morgan fingerprint density at radius 1 is 1.59 bits per heavy atom. The highest BCUT2D eigenvalue weighted by atomic mass is 32.2. The molecule has 116 valence electrons. The van der Waals surface area contributed by atoms with E-state index >= 15 is 0 Å². The van der Waals surface area contributed by atoms with Crippen LogP contribution < -0.4 is 5.73 Å². The van der Waals surface area contributed by atoms with E-state index < -0.39 is 28.7 Å². The summed E-state index contributed by atoms with van der Waals surface area (Å²) in [4.78, 5) is 24.5. The van der Waals surface area contributed by atoms with Crippen LogP contribution in [0.25, 0.3) is 0 Å². The fourth-order valence-corrected chi connectivity index (χ4v) is 4.83. The Morgan fingerprint density at radius 2 is 2.36 bits per heavy atom. The van der Waals surface area contributed by atoms with Crippen LogP contribution in [0.15, 0.2) is 34.6 Å². The molecule has 0 saturated carbocycles. The van der Waals surface area contributed by atoms with Crippen LogP contribution in [0.5, 0.6) is 0 Å². The summed E-state index contributed by atoms with van der Waals surface area (Å²) in [6.45, 7) is 0. The maximum atomic E-state index is 12.3. The first-order chi connectivity index (χ1) is 10.5. The number of nitrogens with two attached hydrogens (primary N) is 1. The molecule has 3 N–H and O–H groups in total. The third kappa shape index (κ3) is 2.42. The summed E-state index contributed by atoms with van der Waals surface area (Å²) in [5.74, 6) is -1.26. The van der Waals surface area contributed by atoms with E-state index in [1.54, 1.807) is 12.1 Å². The number of carboxylic acid groups (broad SMARTS) is 1. The number of β-lactam (4-membered cyclic amide) rings is 1. The second-order valence-electron chi connectivity index (χ2n) is 4.74. The number of nitrogens with zero attached hydrogens (tertiary/aromatic N) is 3. The van der Waals surface area contributed by atoms with Crippen molar-refractivity contribution < 1.29 is 18.9 Å². The zero-order chi connectivity index (χ0) is 15.9. The van der Waals surface area contributed by atoms with Gasteiger partial charge >= 0.3 is 5.97 Å². The summed E-state index contributed by atoms with van der Waals surface area (Å²) >= 11 is 1.38. The van der Waals surface area contributed by atoms with Gasteiger partial charge in [-0.25, -0.2) is 4.79 Å². The first kappa shape index (κ1) is 15.1. The molecule has 0 spiro atoms. The minimum absolute atomic E-state index is 0.000928. The fourth-order valence-electron chi connectivity index (χ4n) is 2.33. The summed E-state index contributed by atoms with van der Waals surface area (Å²) in [6, 6.07) is 2.50. The Labute approximate surface area is 132 Å². The number of aromatic nitrogens is 2. The molecule has 0 aliphatic carbocycles. The van der Waals surface area contributed by atoms with Gasteiger partial charge in [-0.05, 0) is 17.7 Å². The topological polar surface area (TPSA) is 126 Å². The van der Waals surface area contributed by atoms with Crippen molar-refractivity contribution in [1.29, 1.82) is 0 Å². The monoisotopic (exact) mass is 340 g/mol. The lowest BCUT2D eigenvalue weighted by atomic mass is 10.0. The third-order valence-corrected chi connectivity index (χ3v) is 6.03. The number of carbonyl (C=O) groups is 2. The van der Waals surface area contributed by atoms with Crippen LogP contribution >= 0.6 is 11.8 Å². The van der Waals surface area contributed by atoms with Gasteiger partial charge in [-0.3, -0.25) is 13.9 Å². The largest absolute Gasteiger partial charge is 0.477 e. The molecule has 2 aliphatic heterocycles. The molecule has 3 atom stereocenters. The van der Waals surface area contributed by atoms with Crippen molar-refractivity contribution in [2.75, 3.05) is 11.5 Å². The predicted octanol–water partition coefficient (Wildman–Crippen LogP) is -0.835. The number of thioether (sulfide) groups is 1. The zero-order valence-corrected chi connectivity index (χ0v) is 12.8. The number of amides is 1. The van der Waals surface area contributed by atoms with Gasteiger partial charge in [-0.15, -0.1) is 16.9 Å². The number of rotatable bonds is 4. The van der Waals surface area contributed by atoms with Gasteiger partial charge in [0.25, 0.3) is 0 Å². The fraction of sp³-hybridized carbons (Fsp3) is 0.333. The number of hydrogen-bond donors (Lipinski definition) is 2. The highest BCUT2D eigenvalue weighted by Gasteiger charge is 2.51. The van der Waals surface area contributed by atoms with Gasteiger partial charge in [-0.1, -0.05) is 0 Å². The minimum Gasteiger partial charge on any atom is -0.477 e. The number of carboxylic acids is 1. The van der Waals surface area contributed by atoms with Gasteiger partial charge in [0.1, 0.15) is 22.1 Å². The molecule has 0 aromatic carbocycles. The van der Waals surface area contributed by atoms with E-state index in [2.05, 4.69) is 10.2 Å². The average Bonchev–Trinajstić information content (AvgIpc) is 2.54. The SMILES string of the molecule is NC1C(=O)N2C(C(=O)O)=C(CS(=O)c3cccnn3)CSC12. The van der Waals surface area contributed by atoms with Gasteiger partial charge in [-0.2, -0.15) is 5.10 Å². The zero-order valence-electron chi connectivity index (χ0n) is 11.2. The van der Waals surface area contributed by atoms with Crippen molar-refractivity contribution in [2.24, 2.45) is 5.73 Å². The number of hydrogen-bond acceptors (Lipinski definition) is 7. The van der Waals surface area contributed by atoms with Crippen molar-refractivity contribution in [3.63, 3.8) is 0 Å². The lowest BCUT2D eigenvalue weighted by Crippen LogP contribution is -2.68. The molecule has 1 fully saturated rings. The Morgan fingerprint density at radius 3 is 3.00 bits per heavy atom. The van der Waals surface area contributed by atoms with Crippen molar-refractivity contribution in [2.45, 2.75) is 16.4 Å². The van der Waals surface area contributed by atoms with E-state index in [9.17, 15) is 18.9 Å². The molecule has 2 aliphatic rings. The van der Waals surface area contributed by atoms with Crippen molar-refractivity contribution in [3.8, 4) is 0 Å². The van der Waals surface area contributed by atoms with E-state index in [1.807, 2.05) is 0 Å². The van der Waals surface area contributed by atoms with E-state index in [1.165, 1.54) is 22.9 Å². The third-order valence-electron chi connectivity index (χ3n) is 3.38. The Kier molecular flexibility index (Phi) is 3.98. The molecular weight excluding hydrogens is 328 g/mol. The second-order valence-corrected chi connectivity index (χ2v) is 7.25. The molecule has 1 amide bonds. The van der Waals surface area contributed by atoms with Gasteiger partial charge in [0, 0.05) is 11.9 Å². The van der Waals surface area contributed by atoms with Crippen LogP contribution in [0.1, 0.15) is 0 Å². The Hall–Kier alpha value is -1.78. The lowest BCUT2D eigenvalue weighted by molar-refractivity contribution is -0.147. The van der Waals surface area contributed by atoms with Crippen LogP contribution in [0, 0.1) is 0 Å². The van der Waals surface area contributed by atoms with Crippen molar-refractivity contribution in [1.82, 2.24) is 15.1 Å². The maximum absolute atomic E-state index is 12.3. The summed E-state index contributed by atoms with van der Waals surface area (Å²) in [7, 11) is -1.52. The summed E-state index contributed by atoms with van der Waals surface area (Å²) in [5, 5.41) is 16.7. The van der Waals surface area contributed by atoms with Crippen molar-refractivity contribution in [3.05, 3.63) is 29.6 Å². The first-order valence-electron chi connectivity index (χ1n) is 6.32. The minimum atomic E-state index is -1.52. The lowest BCUT2D eigenvalue weighted by Gasteiger charge is -2.48. The molecule has 1 saturated heterocycles. The van der Waals surface area contributed by atoms with Gasteiger partial charge in [0.2, 0.25) is 5.91 Å². The Bertz CT molecular complexity index is 694.